The van der Waals surface area contributed by atoms with E-state index >= 15 is 0 Å². The van der Waals surface area contributed by atoms with Gasteiger partial charge >= 0.3 is 0 Å². The molecular weight excluding hydrogens is 383 g/mol. The number of hydrogen-bond acceptors (Lipinski definition) is 3. The molecule has 1 saturated carbocycles. The molecule has 2 aromatic carbocycles. The highest BCUT2D eigenvalue weighted by atomic mass is 19.1. The van der Waals surface area contributed by atoms with Crippen LogP contribution >= 0.6 is 0 Å². The average Bonchev–Trinajstić information content (AvgIpc) is 2.69. The molecule has 0 heterocycles. The van der Waals surface area contributed by atoms with Crippen molar-refractivity contribution >= 4 is 17.6 Å². The monoisotopic (exact) mass is 412 g/mol. The number of rotatable bonds is 8. The normalized spacial score (nSPS) is 15.1. The van der Waals surface area contributed by atoms with Gasteiger partial charge in [0.15, 0.2) is 17.5 Å². The topological polar surface area (TPSA) is 74.8 Å². The van der Waals surface area contributed by atoms with Gasteiger partial charge in [-0.05, 0) is 49.6 Å². The standard InChI is InChI=1S/C23H29FN4O2/c1-16(30-21-12-4-3-11-20(21)24)14-26-23(25-2)27-15-17-7-5-10-19(13-17)28-22(29)18-8-6-9-18/h3-5,7,10-13,16,18H,6,8-9,14-15H2,1-2H3,(H,28,29)(H2,25,26,27). The van der Waals surface area contributed by atoms with Crippen LogP contribution in [0.2, 0.25) is 0 Å². The number of nitrogens with zero attached hydrogens (tertiary/aromatic N) is 1. The Labute approximate surface area is 176 Å². The molecule has 0 spiro atoms. The lowest BCUT2D eigenvalue weighted by Crippen LogP contribution is -2.41. The minimum Gasteiger partial charge on any atom is -0.486 e. The van der Waals surface area contributed by atoms with Crippen molar-refractivity contribution in [3.05, 3.63) is 59.9 Å². The highest BCUT2D eigenvalue weighted by molar-refractivity contribution is 5.93. The second kappa shape index (κ2) is 10.6. The molecule has 0 saturated heterocycles. The number of guanidine groups is 1. The first-order valence-corrected chi connectivity index (χ1v) is 10.3. The maximum absolute atomic E-state index is 13.7. The zero-order valence-electron chi connectivity index (χ0n) is 17.5. The van der Waals surface area contributed by atoms with Crippen molar-refractivity contribution in [2.45, 2.75) is 38.8 Å². The summed E-state index contributed by atoms with van der Waals surface area (Å²) < 4.78 is 19.3. The van der Waals surface area contributed by atoms with Crippen LogP contribution in [-0.2, 0) is 11.3 Å². The maximum atomic E-state index is 13.7. The summed E-state index contributed by atoms with van der Waals surface area (Å²) in [5.74, 6) is 0.727. The minimum absolute atomic E-state index is 0.104. The molecular formula is C23H29FN4O2. The molecule has 6 nitrogen and oxygen atoms in total. The van der Waals surface area contributed by atoms with Crippen LogP contribution in [-0.4, -0.2) is 31.6 Å². The van der Waals surface area contributed by atoms with Crippen molar-refractivity contribution in [3.8, 4) is 5.75 Å². The summed E-state index contributed by atoms with van der Waals surface area (Å²) in [6.45, 7) is 2.88. The molecule has 1 amide bonds. The van der Waals surface area contributed by atoms with Crippen molar-refractivity contribution in [3.63, 3.8) is 0 Å². The summed E-state index contributed by atoms with van der Waals surface area (Å²) >= 11 is 0. The van der Waals surface area contributed by atoms with E-state index in [9.17, 15) is 9.18 Å². The molecule has 7 heteroatoms. The molecule has 3 N–H and O–H groups in total. The summed E-state index contributed by atoms with van der Waals surface area (Å²) in [4.78, 5) is 16.3. The van der Waals surface area contributed by atoms with Gasteiger partial charge in [-0.2, -0.15) is 0 Å². The average molecular weight is 413 g/mol. The summed E-state index contributed by atoms with van der Waals surface area (Å²) in [6, 6.07) is 14.1. The molecule has 1 unspecified atom stereocenters. The van der Waals surface area contributed by atoms with Gasteiger partial charge in [0, 0.05) is 25.2 Å². The SMILES string of the molecule is CN=C(NCc1cccc(NC(=O)C2CCC2)c1)NCC(C)Oc1ccccc1F. The third-order valence-corrected chi connectivity index (χ3v) is 5.08. The van der Waals surface area contributed by atoms with Gasteiger partial charge in [0.2, 0.25) is 5.91 Å². The number of ether oxygens (including phenoxy) is 1. The Morgan fingerprint density at radius 3 is 2.70 bits per heavy atom. The molecule has 1 aliphatic carbocycles. The fourth-order valence-corrected chi connectivity index (χ4v) is 3.12. The number of nitrogens with one attached hydrogen (secondary N) is 3. The fourth-order valence-electron chi connectivity index (χ4n) is 3.12. The van der Waals surface area contributed by atoms with E-state index in [-0.39, 0.29) is 29.5 Å². The van der Waals surface area contributed by atoms with Crippen molar-refractivity contribution in [2.24, 2.45) is 10.9 Å². The molecule has 3 rings (SSSR count). The Morgan fingerprint density at radius 2 is 2.00 bits per heavy atom. The van der Waals surface area contributed by atoms with Crippen LogP contribution in [0, 0.1) is 11.7 Å². The number of carbonyl (C=O) groups excluding carboxylic acids is 1. The Bertz CT molecular complexity index is 883. The molecule has 30 heavy (non-hydrogen) atoms. The molecule has 1 atom stereocenters. The van der Waals surface area contributed by atoms with E-state index in [2.05, 4.69) is 20.9 Å². The Hall–Kier alpha value is -3.09. The summed E-state index contributed by atoms with van der Waals surface area (Å²) in [6.07, 6.45) is 2.85. The smallest absolute Gasteiger partial charge is 0.227 e. The van der Waals surface area contributed by atoms with Gasteiger partial charge < -0.3 is 20.7 Å². The first-order chi connectivity index (χ1) is 14.5. The lowest BCUT2D eigenvalue weighted by molar-refractivity contribution is -0.122. The van der Waals surface area contributed by atoms with E-state index in [1.54, 1.807) is 25.2 Å². The number of carbonyl (C=O) groups is 1. The predicted octanol–water partition coefficient (Wildman–Crippen LogP) is 3.70. The van der Waals surface area contributed by atoms with Gasteiger partial charge in [0.05, 0.1) is 6.54 Å². The molecule has 160 valence electrons. The number of para-hydroxylation sites is 1. The molecule has 0 aliphatic heterocycles. The van der Waals surface area contributed by atoms with Gasteiger partial charge in [0.25, 0.3) is 0 Å². The molecule has 1 fully saturated rings. The number of aliphatic imine (C=N–C) groups is 1. The third kappa shape index (κ3) is 6.20. The fraction of sp³-hybridized carbons (Fsp3) is 0.391. The van der Waals surface area contributed by atoms with Crippen molar-refractivity contribution in [1.82, 2.24) is 10.6 Å². The van der Waals surface area contributed by atoms with Gasteiger partial charge in [-0.3, -0.25) is 9.79 Å². The molecule has 1 aliphatic rings. The first kappa shape index (κ1) is 21.6. The molecule has 0 bridgehead atoms. The van der Waals surface area contributed by atoms with E-state index in [1.165, 1.54) is 6.07 Å². The van der Waals surface area contributed by atoms with E-state index in [1.807, 2.05) is 31.2 Å². The van der Waals surface area contributed by atoms with Crippen LogP contribution in [0.3, 0.4) is 0 Å². The molecule has 0 aromatic heterocycles. The zero-order valence-corrected chi connectivity index (χ0v) is 17.5. The second-order valence-corrected chi connectivity index (χ2v) is 7.48. The Kier molecular flexibility index (Phi) is 7.65. The van der Waals surface area contributed by atoms with E-state index in [0.29, 0.717) is 19.0 Å². The van der Waals surface area contributed by atoms with Crippen molar-refractivity contribution in [1.29, 1.82) is 0 Å². The highest BCUT2D eigenvalue weighted by Crippen LogP contribution is 2.27. The van der Waals surface area contributed by atoms with Crippen molar-refractivity contribution in [2.75, 3.05) is 18.9 Å². The number of benzene rings is 2. The van der Waals surface area contributed by atoms with Crippen LogP contribution < -0.4 is 20.7 Å². The van der Waals surface area contributed by atoms with Crippen LogP contribution in [0.25, 0.3) is 0 Å². The quantitative estimate of drug-likeness (QED) is 0.457. The van der Waals surface area contributed by atoms with E-state index in [0.717, 1.165) is 30.5 Å². The summed E-state index contributed by atoms with van der Waals surface area (Å²) in [7, 11) is 1.69. The van der Waals surface area contributed by atoms with Crippen LogP contribution in [0.15, 0.2) is 53.5 Å². The van der Waals surface area contributed by atoms with Gasteiger partial charge in [0.1, 0.15) is 6.10 Å². The van der Waals surface area contributed by atoms with Gasteiger partial charge in [-0.25, -0.2) is 4.39 Å². The van der Waals surface area contributed by atoms with Crippen LogP contribution in [0.4, 0.5) is 10.1 Å². The Morgan fingerprint density at radius 1 is 1.20 bits per heavy atom. The number of halogens is 1. The number of hydrogen-bond donors (Lipinski definition) is 3. The Balaban J connectivity index is 1.45. The van der Waals surface area contributed by atoms with E-state index in [4.69, 9.17) is 4.74 Å². The predicted molar refractivity (Wildman–Crippen MR) is 117 cm³/mol. The van der Waals surface area contributed by atoms with Crippen LogP contribution in [0.5, 0.6) is 5.75 Å². The van der Waals surface area contributed by atoms with Gasteiger partial charge in [-0.15, -0.1) is 0 Å². The highest BCUT2D eigenvalue weighted by Gasteiger charge is 2.25. The van der Waals surface area contributed by atoms with Gasteiger partial charge in [-0.1, -0.05) is 30.7 Å². The molecule has 0 radical (unpaired) electrons. The maximum Gasteiger partial charge on any atom is 0.227 e. The van der Waals surface area contributed by atoms with Crippen molar-refractivity contribution < 1.29 is 13.9 Å². The van der Waals surface area contributed by atoms with Crippen LogP contribution in [0.1, 0.15) is 31.7 Å². The summed E-state index contributed by atoms with van der Waals surface area (Å²) in [5.41, 5.74) is 1.83. The minimum atomic E-state index is -0.379. The lowest BCUT2D eigenvalue weighted by Gasteiger charge is -2.24. The lowest BCUT2D eigenvalue weighted by atomic mass is 9.85. The molecule has 2 aromatic rings. The second-order valence-electron chi connectivity index (χ2n) is 7.48. The number of amides is 1. The zero-order chi connectivity index (χ0) is 21.3. The summed E-state index contributed by atoms with van der Waals surface area (Å²) in [5, 5.41) is 9.41. The first-order valence-electron chi connectivity index (χ1n) is 10.3. The number of anilines is 1. The third-order valence-electron chi connectivity index (χ3n) is 5.08. The largest absolute Gasteiger partial charge is 0.486 e. The van der Waals surface area contributed by atoms with E-state index < -0.39 is 0 Å².